The van der Waals surface area contributed by atoms with E-state index in [9.17, 15) is 14.4 Å². The minimum atomic E-state index is -0.856. The van der Waals surface area contributed by atoms with Gasteiger partial charge in [-0.1, -0.05) is 19.4 Å². The number of aliphatic hydroxyl groups excluding tert-OH is 1. The van der Waals surface area contributed by atoms with Gasteiger partial charge in [0.15, 0.2) is 0 Å². The number of ketones is 2. The van der Waals surface area contributed by atoms with E-state index in [1.165, 1.54) is 0 Å². The van der Waals surface area contributed by atoms with Gasteiger partial charge < -0.3 is 89.5 Å². The molecule has 0 rings (SSSR count). The zero-order valence-electron chi connectivity index (χ0n) is 19.6. The average molecular weight is 815 g/mol. The molecule has 0 aliphatic rings. The van der Waals surface area contributed by atoms with Crippen LogP contribution >= 0.6 is 0 Å². The summed E-state index contributed by atoms with van der Waals surface area (Å²) >= 11 is 0. The van der Waals surface area contributed by atoms with Gasteiger partial charge in [-0.15, -0.1) is 5.92 Å². The maximum absolute atomic E-state index is 9.97. The predicted octanol–water partition coefficient (Wildman–Crippen LogP) is 4.05. The standard InChI is InChI=1S/C5H8O.C4H8O.C4H6O.C4H8.C3H5O2.CH3.5Y/c1-4(2)5(3)6;2*1-3-4(2)5;1-3-4-2;1-2-3(4)5;;;;;;/h4H,1,3H2,2H3;4-5H,1-3H2;1-3H2;1-4H2;1-2H2,(H,4,5);1H3;;;;;/q4*-2;2*-1;;;;;. The van der Waals surface area contributed by atoms with E-state index in [0.717, 1.165) is 12.8 Å². The zero-order valence-corrected chi connectivity index (χ0v) is 33.8. The Morgan fingerprint density at radius 3 is 0.935 bits per heavy atom. The fourth-order valence-electron chi connectivity index (χ4n) is 0. The summed E-state index contributed by atoms with van der Waals surface area (Å²) in [4.78, 5) is 28.9. The molecule has 0 aliphatic carbocycles. The summed E-state index contributed by atoms with van der Waals surface area (Å²) < 4.78 is 0. The molecule has 0 fully saturated rings. The quantitative estimate of drug-likeness (QED) is 0.410. The second-order valence-electron chi connectivity index (χ2n) is 4.45. The molecule has 0 aromatic rings. The fraction of sp³-hybridized carbons (Fsp3) is 0.381. The number of hydrogen-bond acceptors (Lipinski definition) is 4. The van der Waals surface area contributed by atoms with Crippen LogP contribution in [0.4, 0.5) is 0 Å². The third kappa shape index (κ3) is 155. The number of rotatable bonds is 5. The van der Waals surface area contributed by atoms with Gasteiger partial charge in [-0.25, -0.2) is 12.8 Å². The number of carbonyl (C=O) groups is 3. The summed E-state index contributed by atoms with van der Waals surface area (Å²) in [5, 5.41) is 15.8. The van der Waals surface area contributed by atoms with E-state index in [4.69, 9.17) is 10.2 Å². The van der Waals surface area contributed by atoms with Gasteiger partial charge in [0, 0.05) is 164 Å². The van der Waals surface area contributed by atoms with Crippen molar-refractivity contribution in [2.45, 2.75) is 45.1 Å². The van der Waals surface area contributed by atoms with Crippen molar-refractivity contribution in [2.75, 3.05) is 0 Å². The van der Waals surface area contributed by atoms with Crippen molar-refractivity contribution in [1.82, 2.24) is 0 Å². The Balaban J connectivity index is -0.0000000172. The van der Waals surface area contributed by atoms with Crippen molar-refractivity contribution in [2.24, 2.45) is 5.92 Å². The number of aliphatic carboxylic acids is 1. The minimum absolute atomic E-state index is 0. The van der Waals surface area contributed by atoms with Crippen LogP contribution < -0.4 is 0 Å². The van der Waals surface area contributed by atoms with E-state index >= 15 is 0 Å². The molecule has 0 spiro atoms. The van der Waals surface area contributed by atoms with Gasteiger partial charge in [-0.05, 0) is 11.6 Å². The molecule has 177 valence electrons. The van der Waals surface area contributed by atoms with E-state index < -0.39 is 12.1 Å². The maximum atomic E-state index is 9.97. The monoisotopic (exact) mass is 815 g/mol. The van der Waals surface area contributed by atoms with Crippen LogP contribution in [-0.2, 0) is 178 Å². The molecule has 0 aliphatic heterocycles. The number of carboxylic acid groups (broad SMARTS) is 1. The molecule has 5 radical (unpaired) electrons. The van der Waals surface area contributed by atoms with Crippen molar-refractivity contribution in [1.29, 1.82) is 0 Å². The molecule has 2 atom stereocenters. The predicted molar refractivity (Wildman–Crippen MR) is 111 cm³/mol. The van der Waals surface area contributed by atoms with Gasteiger partial charge in [0.2, 0.25) is 0 Å². The Labute approximate surface area is 320 Å². The van der Waals surface area contributed by atoms with Crippen LogP contribution in [-0.4, -0.2) is 33.9 Å². The van der Waals surface area contributed by atoms with Gasteiger partial charge in [0.25, 0.3) is 5.97 Å². The smallest absolute Gasteiger partial charge is 0.272 e. The van der Waals surface area contributed by atoms with Crippen LogP contribution in [0.2, 0.25) is 0 Å². The molecule has 0 saturated carbocycles. The first-order valence-electron chi connectivity index (χ1n) is 7.60. The van der Waals surface area contributed by atoms with Crippen LogP contribution in [0.25, 0.3) is 0 Å². The second-order valence-corrected chi connectivity index (χ2v) is 4.45. The molecule has 2 N–H and O–H groups in total. The zero-order chi connectivity index (χ0) is 21.4. The van der Waals surface area contributed by atoms with Crippen molar-refractivity contribution in [3.8, 4) is 0 Å². The molecular formula is C21H38O5Y5-10. The largest absolute Gasteiger partial charge is 0.483 e. The van der Waals surface area contributed by atoms with Crippen LogP contribution in [0.1, 0.15) is 39.0 Å². The van der Waals surface area contributed by atoms with Gasteiger partial charge in [0.05, 0.1) is 0 Å². The summed E-state index contributed by atoms with van der Waals surface area (Å²) in [5.74, 6) is -1.21. The molecule has 0 aromatic heterocycles. The first-order valence-corrected chi connectivity index (χ1v) is 7.60. The van der Waals surface area contributed by atoms with Crippen LogP contribution in [0.15, 0.2) is 0 Å². The van der Waals surface area contributed by atoms with Crippen LogP contribution in [0, 0.1) is 75.7 Å². The molecule has 2 unspecified atom stereocenters. The molecule has 0 heterocycles. The first-order chi connectivity index (χ1) is 11.4. The summed E-state index contributed by atoms with van der Waals surface area (Å²) in [7, 11) is 0. The molecule has 0 saturated heterocycles. The Morgan fingerprint density at radius 2 is 0.935 bits per heavy atom. The van der Waals surface area contributed by atoms with Crippen molar-refractivity contribution < 1.29 is 188 Å². The van der Waals surface area contributed by atoms with Crippen LogP contribution in [0.5, 0.6) is 0 Å². The SMILES string of the molecule is [CH2-]C(=O)C([CH2-])C.[CH2-]CC(=O)O.[CH2-]CC([CH2-])=O.[CH2-]CC([CH2-])O.[CH2-]CC[CH2-].[CH3-].[Y].[Y].[Y].[Y].[Y]. The molecule has 0 amide bonds. The summed E-state index contributed by atoms with van der Waals surface area (Å²) in [5.41, 5.74) is 0. The Morgan fingerprint density at radius 1 is 0.774 bits per heavy atom. The molecule has 0 aromatic carbocycles. The Kier molecular flexibility index (Phi) is 146. The van der Waals surface area contributed by atoms with Crippen molar-refractivity contribution in [3.63, 3.8) is 0 Å². The van der Waals surface area contributed by atoms with Gasteiger partial charge >= 0.3 is 0 Å². The molecular weight excluding hydrogens is 777 g/mol. The number of unbranched alkanes of at least 4 members (excludes halogenated alkanes) is 1. The number of carbonyl (C=O) groups excluding carboxylic acids is 2. The Hall–Kier alpha value is 4.03. The number of hydrogen-bond donors (Lipinski definition) is 2. The molecule has 10 heteroatoms. The average Bonchev–Trinajstić information content (AvgIpc) is 2.56. The third-order valence-corrected chi connectivity index (χ3v) is 1.63. The molecule has 31 heavy (non-hydrogen) atoms. The third-order valence-electron chi connectivity index (χ3n) is 1.63. The topological polar surface area (TPSA) is 91.7 Å². The van der Waals surface area contributed by atoms with E-state index in [0.29, 0.717) is 12.8 Å². The van der Waals surface area contributed by atoms with E-state index in [2.05, 4.69) is 62.3 Å². The number of Topliss-reactive ketones (excluding diaryl/α,β-unsaturated/α-hetero) is 2. The van der Waals surface area contributed by atoms with Crippen molar-refractivity contribution >= 4 is 17.5 Å². The summed E-state index contributed by atoms with van der Waals surface area (Å²) in [6.07, 6.45) is 2.22. The fourth-order valence-corrected chi connectivity index (χ4v) is 0. The first kappa shape index (κ1) is 70.3. The Bertz CT molecular complexity index is 288. The van der Waals surface area contributed by atoms with E-state index in [-0.39, 0.29) is 195 Å². The van der Waals surface area contributed by atoms with Gasteiger partial charge in [-0.2, -0.15) is 12.8 Å². The second kappa shape index (κ2) is 64.3. The minimum Gasteiger partial charge on any atom is -0.483 e. The molecule has 5 nitrogen and oxygen atoms in total. The van der Waals surface area contributed by atoms with Crippen LogP contribution in [0.3, 0.4) is 0 Å². The van der Waals surface area contributed by atoms with Crippen molar-refractivity contribution in [3.05, 3.63) is 69.7 Å². The summed E-state index contributed by atoms with van der Waals surface area (Å²) in [6.45, 7) is 31.4. The van der Waals surface area contributed by atoms with Gasteiger partial charge in [-0.3, -0.25) is 4.79 Å². The van der Waals surface area contributed by atoms with E-state index in [1.807, 2.05) is 0 Å². The van der Waals surface area contributed by atoms with Gasteiger partial charge in [0.1, 0.15) is 0 Å². The maximum Gasteiger partial charge on any atom is 0.272 e. The number of carboxylic acids is 1. The number of aliphatic hydroxyl groups is 1. The molecule has 0 bridgehead atoms. The normalized spacial score (nSPS) is 8.42. The summed E-state index contributed by atoms with van der Waals surface area (Å²) in [6, 6.07) is 0. The van der Waals surface area contributed by atoms with E-state index in [1.54, 1.807) is 6.92 Å².